The summed E-state index contributed by atoms with van der Waals surface area (Å²) in [5, 5.41) is 24.2. The predicted molar refractivity (Wildman–Crippen MR) is 191 cm³/mol. The van der Waals surface area contributed by atoms with Crippen LogP contribution >= 0.6 is 0 Å². The highest BCUT2D eigenvalue weighted by atomic mass is 17.1. The smallest absolute Gasteiger partial charge is 0.336 e. The zero-order valence-corrected chi connectivity index (χ0v) is 26.6. The third-order valence-corrected chi connectivity index (χ3v) is 7.40. The maximum atomic E-state index is 12.6. The minimum atomic E-state index is -1.16. The van der Waals surface area contributed by atoms with E-state index >= 15 is 0 Å². The number of anilines is 3. The molecule has 0 radical (unpaired) electrons. The maximum Gasteiger partial charge on any atom is 0.336 e. The van der Waals surface area contributed by atoms with Crippen LogP contribution in [0.25, 0.3) is 11.1 Å². The molecular formula is C40H32N2O8. The van der Waals surface area contributed by atoms with Gasteiger partial charge in [0.15, 0.2) is 0 Å². The van der Waals surface area contributed by atoms with Crippen LogP contribution in [-0.4, -0.2) is 29.0 Å². The summed E-state index contributed by atoms with van der Waals surface area (Å²) < 4.78 is 12.0. The third kappa shape index (κ3) is 8.98. The molecule has 1 amide bonds. The second-order valence-corrected chi connectivity index (χ2v) is 10.7. The van der Waals surface area contributed by atoms with Crippen LogP contribution in [0, 0.1) is 0 Å². The highest BCUT2D eigenvalue weighted by molar-refractivity contribution is 6.10. The molecule has 0 saturated carbocycles. The topological polar surface area (TPSA) is 143 Å². The number of aromatic carboxylic acids is 1. The van der Waals surface area contributed by atoms with E-state index in [0.717, 1.165) is 28.1 Å². The molecule has 4 N–H and O–H groups in total. The van der Waals surface area contributed by atoms with Crippen molar-refractivity contribution in [3.8, 4) is 34.1 Å². The van der Waals surface area contributed by atoms with Crippen LogP contribution in [0.3, 0.4) is 0 Å². The number of carbonyl (C=O) groups is 3. The molecule has 0 aliphatic carbocycles. The third-order valence-electron chi connectivity index (χ3n) is 7.40. The average molecular weight is 669 g/mol. The number of rotatable bonds is 12. The molecule has 0 saturated heterocycles. The zero-order chi connectivity index (χ0) is 35.3. The zero-order valence-electron chi connectivity index (χ0n) is 26.6. The highest BCUT2D eigenvalue weighted by Crippen LogP contribution is 2.30. The summed E-state index contributed by atoms with van der Waals surface area (Å²) in [4.78, 5) is 36.4. The summed E-state index contributed by atoms with van der Waals surface area (Å²) >= 11 is 0. The van der Waals surface area contributed by atoms with E-state index in [4.69, 9.17) is 19.5 Å². The van der Waals surface area contributed by atoms with Gasteiger partial charge in [-0.15, -0.1) is 0 Å². The van der Waals surface area contributed by atoms with Crippen molar-refractivity contribution >= 4 is 35.7 Å². The van der Waals surface area contributed by atoms with Gasteiger partial charge in [0.25, 0.3) is 5.91 Å². The minimum absolute atomic E-state index is 0.0617. The van der Waals surface area contributed by atoms with Gasteiger partial charge in [-0.1, -0.05) is 54.6 Å². The Kier molecular flexibility index (Phi) is 11.7. The number of hydrogen-bond donors (Lipinski definition) is 4. The first-order valence-electron chi connectivity index (χ1n) is 15.3. The molecule has 6 aromatic rings. The number of para-hydroxylation sites is 1. The molecule has 0 unspecified atom stereocenters. The van der Waals surface area contributed by atoms with E-state index in [0.29, 0.717) is 28.7 Å². The van der Waals surface area contributed by atoms with Crippen LogP contribution in [0.15, 0.2) is 146 Å². The second-order valence-electron chi connectivity index (χ2n) is 10.7. The molecule has 250 valence electrons. The number of nitrogens with one attached hydrogen (secondary N) is 2. The largest absolute Gasteiger partial charge is 0.478 e. The Hall–Kier alpha value is -6.75. The quantitative estimate of drug-likeness (QED) is 0.0740. The van der Waals surface area contributed by atoms with Gasteiger partial charge in [-0.2, -0.15) is 0 Å². The first-order chi connectivity index (χ1) is 24.4. The number of carbonyl (C=O) groups excluding carboxylic acids is 2. The lowest BCUT2D eigenvalue weighted by Crippen LogP contribution is -2.16. The molecule has 10 nitrogen and oxygen atoms in total. The number of carboxylic acids is 1. The number of ether oxygens (including phenoxy) is 2. The summed E-state index contributed by atoms with van der Waals surface area (Å²) in [5.41, 5.74) is 5.11. The van der Waals surface area contributed by atoms with Gasteiger partial charge < -0.3 is 30.0 Å². The lowest BCUT2D eigenvalue weighted by atomic mass is 10.1. The van der Waals surface area contributed by atoms with Crippen molar-refractivity contribution < 1.29 is 39.1 Å². The SMILES string of the molecule is C=O.O=C(O)c1ccccc1C(=O)Nc1ccc(Oc2ccc(-c3ccc(Oc4ccc(Nc5ccccc5COO)cc4)cc3)cc2)cc1. The molecule has 0 heterocycles. The van der Waals surface area contributed by atoms with Gasteiger partial charge in [-0.3, -0.25) is 10.1 Å². The Balaban J connectivity index is 0.00000239. The predicted octanol–water partition coefficient (Wildman–Crippen LogP) is 9.44. The lowest BCUT2D eigenvalue weighted by molar-refractivity contribution is -0.252. The molecule has 50 heavy (non-hydrogen) atoms. The number of amides is 1. The molecule has 10 heteroatoms. The fraction of sp³-hybridized carbons (Fsp3) is 0.0250. The Morgan fingerprint density at radius 2 is 1.00 bits per heavy atom. The molecule has 0 bridgehead atoms. The minimum Gasteiger partial charge on any atom is -0.478 e. The number of hydrogen-bond acceptors (Lipinski definition) is 8. The van der Waals surface area contributed by atoms with Crippen LogP contribution in [0.5, 0.6) is 23.0 Å². The summed E-state index contributed by atoms with van der Waals surface area (Å²) in [6, 6.07) is 43.6. The Labute approximate surface area is 288 Å². The molecule has 0 fully saturated rings. The van der Waals surface area contributed by atoms with Gasteiger partial charge >= 0.3 is 5.97 Å². The molecule has 0 spiro atoms. The van der Waals surface area contributed by atoms with Crippen molar-refractivity contribution in [3.05, 3.63) is 162 Å². The van der Waals surface area contributed by atoms with E-state index < -0.39 is 11.9 Å². The van der Waals surface area contributed by atoms with E-state index in [-0.39, 0.29) is 17.7 Å². The van der Waals surface area contributed by atoms with Crippen LogP contribution < -0.4 is 20.1 Å². The highest BCUT2D eigenvalue weighted by Gasteiger charge is 2.16. The van der Waals surface area contributed by atoms with Crippen molar-refractivity contribution in [1.82, 2.24) is 0 Å². The maximum absolute atomic E-state index is 12.6. The molecule has 0 atom stereocenters. The first kappa shape index (κ1) is 34.6. The molecule has 6 rings (SSSR count). The summed E-state index contributed by atoms with van der Waals surface area (Å²) in [5.74, 6) is 0.959. The molecule has 6 aromatic carbocycles. The van der Waals surface area contributed by atoms with Crippen LogP contribution in [0.1, 0.15) is 26.3 Å². The van der Waals surface area contributed by atoms with Gasteiger partial charge in [-0.25, -0.2) is 9.68 Å². The van der Waals surface area contributed by atoms with Gasteiger partial charge in [0.05, 0.1) is 11.1 Å². The van der Waals surface area contributed by atoms with E-state index in [1.807, 2.05) is 104 Å². The van der Waals surface area contributed by atoms with Crippen LogP contribution in [0.4, 0.5) is 17.1 Å². The molecule has 0 aliphatic rings. The fourth-order valence-corrected chi connectivity index (χ4v) is 4.97. The normalized spacial score (nSPS) is 10.3. The molecule has 0 aliphatic heterocycles. The van der Waals surface area contributed by atoms with Crippen molar-refractivity contribution in [1.29, 1.82) is 0 Å². The number of carboxylic acid groups (broad SMARTS) is 1. The summed E-state index contributed by atoms with van der Waals surface area (Å²) in [6.45, 7) is 2.09. The standard InChI is InChI=1S/C39H30N2O7.CH2O/c42-38(35-6-2-3-7-36(35)39(43)44)41-30-15-23-34(24-16-30)48-32-19-11-27(12-20-32)26-9-17-31(18-10-26)47-33-21-13-29(14-22-33)40-37-8-4-1-5-28(37)25-46-45;1-2/h1-24,40,45H,25H2,(H,41,42)(H,43,44);1H2. The Morgan fingerprint density at radius 3 is 1.50 bits per heavy atom. The van der Waals surface area contributed by atoms with Gasteiger partial charge in [0.1, 0.15) is 36.4 Å². The van der Waals surface area contributed by atoms with Crippen LogP contribution in [0.2, 0.25) is 0 Å². The lowest BCUT2D eigenvalue weighted by Gasteiger charge is -2.12. The monoisotopic (exact) mass is 668 g/mol. The molecule has 0 aromatic heterocycles. The van der Waals surface area contributed by atoms with Crippen LogP contribution in [-0.2, 0) is 16.3 Å². The van der Waals surface area contributed by atoms with Crippen molar-refractivity contribution in [2.45, 2.75) is 6.61 Å². The van der Waals surface area contributed by atoms with Gasteiger partial charge in [0.2, 0.25) is 0 Å². The van der Waals surface area contributed by atoms with Gasteiger partial charge in [0, 0.05) is 22.6 Å². The van der Waals surface area contributed by atoms with Gasteiger partial charge in [-0.05, 0) is 102 Å². The molecular weight excluding hydrogens is 636 g/mol. The second kappa shape index (κ2) is 16.9. The first-order valence-corrected chi connectivity index (χ1v) is 15.3. The van der Waals surface area contributed by atoms with E-state index in [9.17, 15) is 14.7 Å². The number of benzene rings is 6. The fourth-order valence-electron chi connectivity index (χ4n) is 4.97. The summed E-state index contributed by atoms with van der Waals surface area (Å²) in [6.07, 6.45) is 0. The van der Waals surface area contributed by atoms with Crippen molar-refractivity contribution in [2.75, 3.05) is 10.6 Å². The Bertz CT molecular complexity index is 2030. The van der Waals surface area contributed by atoms with Crippen molar-refractivity contribution in [2.24, 2.45) is 0 Å². The summed E-state index contributed by atoms with van der Waals surface area (Å²) in [7, 11) is 0. The van der Waals surface area contributed by atoms with Crippen molar-refractivity contribution in [3.63, 3.8) is 0 Å². The average Bonchev–Trinajstić information content (AvgIpc) is 3.15. The van der Waals surface area contributed by atoms with E-state index in [2.05, 4.69) is 15.5 Å². The Morgan fingerprint density at radius 1 is 0.560 bits per heavy atom. The van der Waals surface area contributed by atoms with E-state index in [1.165, 1.54) is 12.1 Å². The van der Waals surface area contributed by atoms with E-state index in [1.54, 1.807) is 36.4 Å².